The van der Waals surface area contributed by atoms with E-state index in [9.17, 15) is 4.79 Å². The van der Waals surface area contributed by atoms with Gasteiger partial charge in [-0.15, -0.1) is 11.6 Å². The Morgan fingerprint density at radius 1 is 1.33 bits per heavy atom. The number of carbonyl (C=O) groups is 1. The number of benzene rings is 1. The smallest absolute Gasteiger partial charge is 0.220 e. The molecule has 100 valence electrons. The van der Waals surface area contributed by atoms with E-state index in [1.807, 2.05) is 19.1 Å². The third-order valence-electron chi connectivity index (χ3n) is 2.65. The molecule has 0 aliphatic heterocycles. The lowest BCUT2D eigenvalue weighted by molar-refractivity contribution is -0.121. The van der Waals surface area contributed by atoms with Crippen molar-refractivity contribution >= 4 is 33.4 Å². The number of hydrogen-bond acceptors (Lipinski definition) is 1. The predicted molar refractivity (Wildman–Crippen MR) is 80.0 cm³/mol. The summed E-state index contributed by atoms with van der Waals surface area (Å²) in [6, 6.07) is 8.34. The summed E-state index contributed by atoms with van der Waals surface area (Å²) in [5, 5.41) is 3.01. The summed E-state index contributed by atoms with van der Waals surface area (Å²) < 4.78 is 1.07. The van der Waals surface area contributed by atoms with Crippen LogP contribution in [0.15, 0.2) is 28.7 Å². The molecule has 1 aromatic carbocycles. The maximum Gasteiger partial charge on any atom is 0.220 e. The summed E-state index contributed by atoms with van der Waals surface area (Å²) in [7, 11) is 0. The Morgan fingerprint density at radius 3 is 2.61 bits per heavy atom. The standard InChI is InChI=1S/C14H19BrClNO/c1-11(17-14(18)4-2-3-9-16)10-12-5-7-13(15)8-6-12/h5-8,11H,2-4,9-10H2,1H3,(H,17,18). The van der Waals surface area contributed by atoms with Gasteiger partial charge >= 0.3 is 0 Å². The Hall–Kier alpha value is -0.540. The molecule has 1 unspecified atom stereocenters. The first-order valence-electron chi connectivity index (χ1n) is 6.21. The van der Waals surface area contributed by atoms with Crippen molar-refractivity contribution in [1.82, 2.24) is 5.32 Å². The van der Waals surface area contributed by atoms with E-state index >= 15 is 0 Å². The van der Waals surface area contributed by atoms with Crippen LogP contribution < -0.4 is 5.32 Å². The van der Waals surface area contributed by atoms with E-state index in [-0.39, 0.29) is 11.9 Å². The van der Waals surface area contributed by atoms with Crippen molar-refractivity contribution in [3.05, 3.63) is 34.3 Å². The molecule has 0 radical (unpaired) electrons. The van der Waals surface area contributed by atoms with Crippen molar-refractivity contribution in [2.24, 2.45) is 0 Å². The van der Waals surface area contributed by atoms with Crippen molar-refractivity contribution in [2.75, 3.05) is 5.88 Å². The maximum atomic E-state index is 11.6. The number of unbranched alkanes of at least 4 members (excludes halogenated alkanes) is 1. The van der Waals surface area contributed by atoms with E-state index in [0.717, 1.165) is 23.7 Å². The molecule has 1 amide bonds. The van der Waals surface area contributed by atoms with Gasteiger partial charge in [0, 0.05) is 22.8 Å². The zero-order valence-corrected chi connectivity index (χ0v) is 12.9. The quantitative estimate of drug-likeness (QED) is 0.595. The van der Waals surface area contributed by atoms with Gasteiger partial charge in [-0.1, -0.05) is 28.1 Å². The molecular weight excluding hydrogens is 314 g/mol. The molecule has 0 aromatic heterocycles. The third kappa shape index (κ3) is 6.41. The van der Waals surface area contributed by atoms with Crippen molar-refractivity contribution in [3.8, 4) is 0 Å². The topological polar surface area (TPSA) is 29.1 Å². The fourth-order valence-electron chi connectivity index (χ4n) is 1.75. The highest BCUT2D eigenvalue weighted by Gasteiger charge is 2.07. The molecule has 4 heteroatoms. The molecule has 0 saturated carbocycles. The van der Waals surface area contributed by atoms with Crippen molar-refractivity contribution in [3.63, 3.8) is 0 Å². The molecule has 0 fully saturated rings. The summed E-state index contributed by atoms with van der Waals surface area (Å²) in [4.78, 5) is 11.6. The number of rotatable bonds is 7. The maximum absolute atomic E-state index is 11.6. The van der Waals surface area contributed by atoms with E-state index in [0.29, 0.717) is 12.3 Å². The monoisotopic (exact) mass is 331 g/mol. The Kier molecular flexibility index (Phi) is 7.36. The minimum absolute atomic E-state index is 0.115. The van der Waals surface area contributed by atoms with Gasteiger partial charge in [0.05, 0.1) is 0 Å². The highest BCUT2D eigenvalue weighted by molar-refractivity contribution is 9.10. The first-order valence-corrected chi connectivity index (χ1v) is 7.54. The molecule has 2 nitrogen and oxygen atoms in total. The van der Waals surface area contributed by atoms with Gasteiger partial charge < -0.3 is 5.32 Å². The highest BCUT2D eigenvalue weighted by Crippen LogP contribution is 2.12. The SMILES string of the molecule is CC(Cc1ccc(Br)cc1)NC(=O)CCCCCl. The van der Waals surface area contributed by atoms with Crippen LogP contribution in [0.2, 0.25) is 0 Å². The van der Waals surface area contributed by atoms with Gasteiger partial charge in [0.15, 0.2) is 0 Å². The predicted octanol–water partition coefficient (Wildman–Crippen LogP) is 3.91. The normalized spacial score (nSPS) is 12.2. The molecule has 1 N–H and O–H groups in total. The van der Waals surface area contributed by atoms with Crippen LogP contribution in [0.1, 0.15) is 31.7 Å². The molecule has 0 saturated heterocycles. The minimum atomic E-state index is 0.115. The first kappa shape index (κ1) is 15.5. The summed E-state index contributed by atoms with van der Waals surface area (Å²) in [6.45, 7) is 2.03. The van der Waals surface area contributed by atoms with E-state index < -0.39 is 0 Å². The molecule has 0 spiro atoms. The lowest BCUT2D eigenvalue weighted by Crippen LogP contribution is -2.33. The summed E-state index contributed by atoms with van der Waals surface area (Å²) in [5.74, 6) is 0.742. The fraction of sp³-hybridized carbons (Fsp3) is 0.500. The molecule has 0 aliphatic carbocycles. The number of alkyl halides is 1. The van der Waals surface area contributed by atoms with Crippen molar-refractivity contribution in [1.29, 1.82) is 0 Å². The van der Waals surface area contributed by atoms with Gasteiger partial charge in [-0.05, 0) is 43.9 Å². The van der Waals surface area contributed by atoms with Crippen LogP contribution >= 0.6 is 27.5 Å². The van der Waals surface area contributed by atoms with Crippen LogP contribution in [0.4, 0.5) is 0 Å². The Balaban J connectivity index is 2.30. The lowest BCUT2D eigenvalue weighted by atomic mass is 10.1. The van der Waals surface area contributed by atoms with E-state index in [1.54, 1.807) is 0 Å². The van der Waals surface area contributed by atoms with Crippen LogP contribution in [-0.4, -0.2) is 17.8 Å². The van der Waals surface area contributed by atoms with E-state index in [4.69, 9.17) is 11.6 Å². The van der Waals surface area contributed by atoms with E-state index in [2.05, 4.69) is 33.4 Å². The minimum Gasteiger partial charge on any atom is -0.353 e. The van der Waals surface area contributed by atoms with Crippen LogP contribution in [0.5, 0.6) is 0 Å². The first-order chi connectivity index (χ1) is 8.61. The van der Waals surface area contributed by atoms with Crippen LogP contribution in [0, 0.1) is 0 Å². The molecule has 18 heavy (non-hydrogen) atoms. The molecule has 1 atom stereocenters. The Labute approximate surface area is 122 Å². The van der Waals surface area contributed by atoms with Gasteiger partial charge in [-0.3, -0.25) is 4.79 Å². The van der Waals surface area contributed by atoms with Gasteiger partial charge in [0.25, 0.3) is 0 Å². The second-order valence-electron chi connectivity index (χ2n) is 4.45. The van der Waals surface area contributed by atoms with Gasteiger partial charge in [0.2, 0.25) is 5.91 Å². The van der Waals surface area contributed by atoms with Gasteiger partial charge in [0.1, 0.15) is 0 Å². The molecule has 1 aromatic rings. The number of nitrogens with one attached hydrogen (secondary N) is 1. The second-order valence-corrected chi connectivity index (χ2v) is 5.74. The van der Waals surface area contributed by atoms with Crippen LogP contribution in [-0.2, 0) is 11.2 Å². The molecule has 0 bridgehead atoms. The number of carbonyl (C=O) groups excluding carboxylic acids is 1. The zero-order chi connectivity index (χ0) is 13.4. The zero-order valence-electron chi connectivity index (χ0n) is 10.6. The summed E-state index contributed by atoms with van der Waals surface area (Å²) >= 11 is 8.98. The molecule has 0 aliphatic rings. The lowest BCUT2D eigenvalue weighted by Gasteiger charge is -2.14. The largest absolute Gasteiger partial charge is 0.353 e. The average Bonchev–Trinajstić information content (AvgIpc) is 2.32. The second kappa shape index (κ2) is 8.54. The van der Waals surface area contributed by atoms with Gasteiger partial charge in [-0.25, -0.2) is 0 Å². The fourth-order valence-corrected chi connectivity index (χ4v) is 2.21. The van der Waals surface area contributed by atoms with Crippen LogP contribution in [0.25, 0.3) is 0 Å². The third-order valence-corrected chi connectivity index (χ3v) is 3.45. The number of hydrogen-bond donors (Lipinski definition) is 1. The number of amides is 1. The molecule has 0 heterocycles. The van der Waals surface area contributed by atoms with Crippen molar-refractivity contribution in [2.45, 2.75) is 38.6 Å². The van der Waals surface area contributed by atoms with E-state index in [1.165, 1.54) is 5.56 Å². The molecular formula is C14H19BrClNO. The van der Waals surface area contributed by atoms with Gasteiger partial charge in [-0.2, -0.15) is 0 Å². The Bertz CT molecular complexity index is 367. The summed E-state index contributed by atoms with van der Waals surface area (Å²) in [5.41, 5.74) is 1.23. The summed E-state index contributed by atoms with van der Waals surface area (Å²) in [6.07, 6.45) is 3.18. The Morgan fingerprint density at radius 2 is 2.00 bits per heavy atom. The highest BCUT2D eigenvalue weighted by atomic mass is 79.9. The number of halogens is 2. The van der Waals surface area contributed by atoms with Crippen molar-refractivity contribution < 1.29 is 4.79 Å². The van der Waals surface area contributed by atoms with Crippen LogP contribution in [0.3, 0.4) is 0 Å². The average molecular weight is 333 g/mol. The molecule has 1 rings (SSSR count).